The summed E-state index contributed by atoms with van der Waals surface area (Å²) in [4.78, 5) is 2.40. The van der Waals surface area contributed by atoms with E-state index < -0.39 is 0 Å². The van der Waals surface area contributed by atoms with Gasteiger partial charge in [-0.15, -0.1) is 0 Å². The van der Waals surface area contributed by atoms with E-state index in [1.54, 1.807) is 7.11 Å². The van der Waals surface area contributed by atoms with Crippen molar-refractivity contribution in [2.75, 3.05) is 25.2 Å². The number of methoxy groups -OCH3 is 1. The molecule has 1 fully saturated rings. The second-order valence-electron chi connectivity index (χ2n) is 5.24. The molecule has 0 spiro atoms. The molecular weight excluding hydrogens is 260 g/mol. The normalized spacial score (nSPS) is 16.4. The molecule has 0 aliphatic heterocycles. The highest BCUT2D eigenvalue weighted by molar-refractivity contribution is 6.31. The Balaban J connectivity index is 2.18. The standard InChI is InChI=1S/C15H23ClN2O/c1-11(12-3-4-12)18(7-8-19-2)14-6-5-13(10-17)15(16)9-14/h5-6,9,11-12H,3-4,7-8,10,17H2,1-2H3. The van der Waals surface area contributed by atoms with Gasteiger partial charge in [-0.25, -0.2) is 0 Å². The lowest BCUT2D eigenvalue weighted by Gasteiger charge is -2.31. The molecular formula is C15H23ClN2O. The number of rotatable bonds is 7. The molecule has 0 radical (unpaired) electrons. The topological polar surface area (TPSA) is 38.5 Å². The average molecular weight is 283 g/mol. The van der Waals surface area contributed by atoms with Gasteiger partial charge in [0.1, 0.15) is 0 Å². The Morgan fingerprint density at radius 3 is 2.74 bits per heavy atom. The molecule has 2 N–H and O–H groups in total. The van der Waals surface area contributed by atoms with Gasteiger partial charge in [0.05, 0.1) is 6.61 Å². The third-order valence-electron chi connectivity index (χ3n) is 3.92. The van der Waals surface area contributed by atoms with E-state index in [2.05, 4.69) is 17.9 Å². The van der Waals surface area contributed by atoms with Crippen LogP contribution >= 0.6 is 11.6 Å². The Bertz CT molecular complexity index is 421. The molecule has 3 nitrogen and oxygen atoms in total. The molecule has 1 aliphatic rings. The van der Waals surface area contributed by atoms with Gasteiger partial charge < -0.3 is 15.4 Å². The second kappa shape index (κ2) is 6.60. The van der Waals surface area contributed by atoms with Crippen LogP contribution < -0.4 is 10.6 Å². The molecule has 1 aromatic rings. The summed E-state index contributed by atoms with van der Waals surface area (Å²) in [7, 11) is 1.74. The van der Waals surface area contributed by atoms with Crippen molar-refractivity contribution in [3.05, 3.63) is 28.8 Å². The van der Waals surface area contributed by atoms with Crippen molar-refractivity contribution in [1.29, 1.82) is 0 Å². The molecule has 4 heteroatoms. The summed E-state index contributed by atoms with van der Waals surface area (Å²) in [5.41, 5.74) is 7.82. The highest BCUT2D eigenvalue weighted by Gasteiger charge is 2.32. The molecule has 0 amide bonds. The van der Waals surface area contributed by atoms with Crippen LogP contribution in [0.3, 0.4) is 0 Å². The SMILES string of the molecule is COCCN(c1ccc(CN)c(Cl)c1)C(C)C1CC1. The lowest BCUT2D eigenvalue weighted by atomic mass is 10.1. The van der Waals surface area contributed by atoms with E-state index in [0.29, 0.717) is 12.6 Å². The highest BCUT2D eigenvalue weighted by Crippen LogP contribution is 2.37. The number of hydrogen-bond acceptors (Lipinski definition) is 3. The molecule has 1 unspecified atom stereocenters. The molecule has 1 aliphatic carbocycles. The minimum atomic E-state index is 0.482. The Kier molecular flexibility index (Phi) is 5.08. The molecule has 1 atom stereocenters. The van der Waals surface area contributed by atoms with Crippen LogP contribution in [0.2, 0.25) is 5.02 Å². The molecule has 0 aromatic heterocycles. The fraction of sp³-hybridized carbons (Fsp3) is 0.600. The average Bonchev–Trinajstić information content (AvgIpc) is 3.23. The first-order chi connectivity index (χ1) is 9.17. The fourth-order valence-electron chi connectivity index (χ4n) is 2.47. The molecule has 0 heterocycles. The zero-order valence-electron chi connectivity index (χ0n) is 11.7. The van der Waals surface area contributed by atoms with E-state index in [9.17, 15) is 0 Å². The quantitative estimate of drug-likeness (QED) is 0.835. The van der Waals surface area contributed by atoms with Crippen molar-refractivity contribution < 1.29 is 4.74 Å². The maximum Gasteiger partial charge on any atom is 0.0637 e. The summed E-state index contributed by atoms with van der Waals surface area (Å²) >= 11 is 6.27. The number of nitrogens with two attached hydrogens (primary N) is 1. The van der Waals surface area contributed by atoms with E-state index in [-0.39, 0.29) is 0 Å². The zero-order valence-corrected chi connectivity index (χ0v) is 12.5. The first-order valence-corrected chi connectivity index (χ1v) is 7.29. The minimum absolute atomic E-state index is 0.482. The summed E-state index contributed by atoms with van der Waals surface area (Å²) in [6.07, 6.45) is 2.67. The van der Waals surface area contributed by atoms with E-state index in [1.165, 1.54) is 18.5 Å². The summed E-state index contributed by atoms with van der Waals surface area (Å²) in [5.74, 6) is 0.810. The van der Waals surface area contributed by atoms with Crippen molar-refractivity contribution in [3.8, 4) is 0 Å². The Hall–Kier alpha value is -0.770. The molecule has 19 heavy (non-hydrogen) atoms. The molecule has 0 saturated heterocycles. The van der Waals surface area contributed by atoms with Gasteiger partial charge in [0.2, 0.25) is 0 Å². The monoisotopic (exact) mass is 282 g/mol. The number of benzene rings is 1. The van der Waals surface area contributed by atoms with Crippen LogP contribution in [-0.2, 0) is 11.3 Å². The Labute approximate surface area is 120 Å². The van der Waals surface area contributed by atoms with Crippen LogP contribution in [0.15, 0.2) is 18.2 Å². The Morgan fingerprint density at radius 1 is 1.47 bits per heavy atom. The van der Waals surface area contributed by atoms with Gasteiger partial charge in [0.25, 0.3) is 0 Å². The van der Waals surface area contributed by atoms with Crippen LogP contribution in [0, 0.1) is 5.92 Å². The molecule has 2 rings (SSSR count). The zero-order chi connectivity index (χ0) is 13.8. The molecule has 106 valence electrons. The van der Waals surface area contributed by atoms with Crippen LogP contribution in [0.4, 0.5) is 5.69 Å². The highest BCUT2D eigenvalue weighted by atomic mass is 35.5. The van der Waals surface area contributed by atoms with Crippen molar-refractivity contribution in [1.82, 2.24) is 0 Å². The third kappa shape index (κ3) is 3.62. The maximum absolute atomic E-state index is 6.27. The van der Waals surface area contributed by atoms with Crippen LogP contribution in [0.5, 0.6) is 0 Å². The lowest BCUT2D eigenvalue weighted by molar-refractivity contribution is 0.202. The molecule has 0 bridgehead atoms. The fourth-order valence-corrected chi connectivity index (χ4v) is 2.72. The first-order valence-electron chi connectivity index (χ1n) is 6.91. The number of ether oxygens (including phenoxy) is 1. The van der Waals surface area contributed by atoms with Crippen molar-refractivity contribution >= 4 is 17.3 Å². The number of anilines is 1. The van der Waals surface area contributed by atoms with Gasteiger partial charge in [-0.2, -0.15) is 0 Å². The van der Waals surface area contributed by atoms with Crippen LogP contribution in [0.1, 0.15) is 25.3 Å². The molecule has 1 aromatic carbocycles. The van der Waals surface area contributed by atoms with E-state index in [0.717, 1.165) is 29.7 Å². The summed E-state index contributed by atoms with van der Waals surface area (Å²) in [6.45, 7) is 4.40. The lowest BCUT2D eigenvalue weighted by Crippen LogP contribution is -2.37. The van der Waals surface area contributed by atoms with Gasteiger partial charge in [-0.1, -0.05) is 17.7 Å². The third-order valence-corrected chi connectivity index (χ3v) is 4.27. The summed E-state index contributed by atoms with van der Waals surface area (Å²) in [6, 6.07) is 6.70. The van der Waals surface area contributed by atoms with Gasteiger partial charge in [0, 0.05) is 37.0 Å². The predicted molar refractivity (Wildman–Crippen MR) is 80.8 cm³/mol. The van der Waals surface area contributed by atoms with Gasteiger partial charge >= 0.3 is 0 Å². The smallest absolute Gasteiger partial charge is 0.0637 e. The van der Waals surface area contributed by atoms with Crippen molar-refractivity contribution in [3.63, 3.8) is 0 Å². The predicted octanol–water partition coefficient (Wildman–Crippen LogP) is 3.05. The van der Waals surface area contributed by atoms with Gasteiger partial charge in [-0.05, 0) is 43.4 Å². The minimum Gasteiger partial charge on any atom is -0.383 e. The van der Waals surface area contributed by atoms with E-state index in [1.807, 2.05) is 12.1 Å². The van der Waals surface area contributed by atoms with Gasteiger partial charge in [-0.3, -0.25) is 0 Å². The number of halogens is 1. The van der Waals surface area contributed by atoms with Crippen LogP contribution in [0.25, 0.3) is 0 Å². The van der Waals surface area contributed by atoms with E-state index in [4.69, 9.17) is 22.1 Å². The first kappa shape index (κ1) is 14.6. The largest absolute Gasteiger partial charge is 0.383 e. The summed E-state index contributed by atoms with van der Waals surface area (Å²) in [5, 5.41) is 0.755. The summed E-state index contributed by atoms with van der Waals surface area (Å²) < 4.78 is 5.22. The molecule has 1 saturated carbocycles. The number of hydrogen-bond donors (Lipinski definition) is 1. The number of nitrogens with zero attached hydrogens (tertiary/aromatic N) is 1. The second-order valence-corrected chi connectivity index (χ2v) is 5.65. The van der Waals surface area contributed by atoms with Crippen molar-refractivity contribution in [2.24, 2.45) is 11.7 Å². The van der Waals surface area contributed by atoms with Gasteiger partial charge in [0.15, 0.2) is 0 Å². The van der Waals surface area contributed by atoms with Crippen LogP contribution in [-0.4, -0.2) is 26.3 Å². The maximum atomic E-state index is 6.27. The van der Waals surface area contributed by atoms with E-state index >= 15 is 0 Å². The van der Waals surface area contributed by atoms with Crippen molar-refractivity contribution in [2.45, 2.75) is 32.4 Å². The Morgan fingerprint density at radius 2 is 2.21 bits per heavy atom.